The predicted octanol–water partition coefficient (Wildman–Crippen LogP) is 3.45. The van der Waals surface area contributed by atoms with Crippen LogP contribution in [-0.2, 0) is 5.75 Å². The van der Waals surface area contributed by atoms with Gasteiger partial charge >= 0.3 is 0 Å². The number of aliphatic hydroxyl groups excluding tert-OH is 1. The van der Waals surface area contributed by atoms with E-state index in [4.69, 9.17) is 5.11 Å². The first-order valence-corrected chi connectivity index (χ1v) is 7.28. The molecule has 0 aromatic heterocycles. The number of thioether (sulfide) groups is 1. The predicted molar refractivity (Wildman–Crippen MR) is 76.0 cm³/mol. The molecule has 1 atom stereocenters. The lowest BCUT2D eigenvalue weighted by Crippen LogP contribution is -1.97. The summed E-state index contributed by atoms with van der Waals surface area (Å²) in [4.78, 5) is 0. The number of rotatable bonds is 5. The highest BCUT2D eigenvalue weighted by molar-refractivity contribution is 7.98. The summed E-state index contributed by atoms with van der Waals surface area (Å²) in [5.41, 5.74) is 1.33. The number of benzene rings is 1. The van der Waals surface area contributed by atoms with Crippen LogP contribution in [0.1, 0.15) is 31.4 Å². The van der Waals surface area contributed by atoms with Gasteiger partial charge in [0.15, 0.2) is 0 Å². The molecule has 0 radical (unpaired) electrons. The molecule has 0 saturated heterocycles. The maximum atomic E-state index is 13.7. The first-order chi connectivity index (χ1) is 8.67. The van der Waals surface area contributed by atoms with Crippen LogP contribution in [0.3, 0.4) is 0 Å². The topological polar surface area (TPSA) is 20.2 Å². The lowest BCUT2D eigenvalue weighted by molar-refractivity contribution is 0.350. The molecular weight excluding hydrogens is 247 g/mol. The van der Waals surface area contributed by atoms with Crippen molar-refractivity contribution in [1.82, 2.24) is 0 Å². The Morgan fingerprint density at radius 3 is 2.83 bits per heavy atom. The van der Waals surface area contributed by atoms with E-state index in [1.807, 2.05) is 0 Å². The van der Waals surface area contributed by atoms with E-state index in [0.29, 0.717) is 17.2 Å². The molecule has 1 unspecified atom stereocenters. The average molecular weight is 266 g/mol. The van der Waals surface area contributed by atoms with Gasteiger partial charge in [-0.1, -0.05) is 38.2 Å². The Balaban J connectivity index is 2.57. The van der Waals surface area contributed by atoms with E-state index < -0.39 is 0 Å². The van der Waals surface area contributed by atoms with Gasteiger partial charge in [0.05, 0.1) is 0 Å². The fourth-order valence-corrected chi connectivity index (χ4v) is 2.58. The van der Waals surface area contributed by atoms with Crippen LogP contribution in [0.15, 0.2) is 18.2 Å². The van der Waals surface area contributed by atoms with Crippen molar-refractivity contribution < 1.29 is 9.50 Å². The quantitative estimate of drug-likeness (QED) is 0.824. The largest absolute Gasteiger partial charge is 0.384 e. The van der Waals surface area contributed by atoms with E-state index in [0.717, 1.165) is 17.7 Å². The number of aliphatic hydroxyl groups is 1. The summed E-state index contributed by atoms with van der Waals surface area (Å²) in [6.45, 7) is 4.17. The van der Waals surface area contributed by atoms with Gasteiger partial charge in [-0.3, -0.25) is 0 Å². The Kier molecular flexibility index (Phi) is 6.85. The van der Waals surface area contributed by atoms with Gasteiger partial charge in [-0.15, -0.1) is 0 Å². The monoisotopic (exact) mass is 266 g/mol. The van der Waals surface area contributed by atoms with Gasteiger partial charge in [0, 0.05) is 11.3 Å². The molecule has 0 spiro atoms. The Bertz CT molecular complexity index is 434. The molecule has 0 fully saturated rings. The average Bonchev–Trinajstić information content (AvgIpc) is 2.38. The van der Waals surface area contributed by atoms with E-state index in [1.165, 1.54) is 6.07 Å². The Morgan fingerprint density at radius 1 is 1.44 bits per heavy atom. The molecule has 1 aromatic rings. The Morgan fingerprint density at radius 2 is 2.22 bits per heavy atom. The summed E-state index contributed by atoms with van der Waals surface area (Å²) < 4.78 is 13.7. The number of halogens is 1. The Labute approximate surface area is 113 Å². The van der Waals surface area contributed by atoms with Crippen LogP contribution in [-0.4, -0.2) is 17.5 Å². The maximum Gasteiger partial charge on any atom is 0.128 e. The van der Waals surface area contributed by atoms with E-state index in [1.54, 1.807) is 23.9 Å². The summed E-state index contributed by atoms with van der Waals surface area (Å²) in [6.07, 6.45) is 1.16. The fourth-order valence-electron chi connectivity index (χ4n) is 1.37. The first-order valence-electron chi connectivity index (χ1n) is 6.13. The molecule has 0 bridgehead atoms. The van der Waals surface area contributed by atoms with Crippen LogP contribution in [0.5, 0.6) is 0 Å². The molecule has 0 aliphatic carbocycles. The first kappa shape index (κ1) is 15.1. The lowest BCUT2D eigenvalue weighted by atomic mass is 10.1. The van der Waals surface area contributed by atoms with E-state index in [2.05, 4.69) is 25.7 Å². The van der Waals surface area contributed by atoms with Gasteiger partial charge in [0.1, 0.15) is 12.4 Å². The molecule has 1 aromatic carbocycles. The minimum absolute atomic E-state index is 0.200. The second kappa shape index (κ2) is 8.18. The second-order valence-electron chi connectivity index (χ2n) is 4.29. The molecule has 18 heavy (non-hydrogen) atoms. The molecule has 1 nitrogen and oxygen atoms in total. The molecule has 98 valence electrons. The maximum absolute atomic E-state index is 13.7. The molecule has 3 heteroatoms. The van der Waals surface area contributed by atoms with Crippen molar-refractivity contribution in [3.8, 4) is 11.8 Å². The zero-order chi connectivity index (χ0) is 13.4. The molecule has 1 N–H and O–H groups in total. The van der Waals surface area contributed by atoms with Crippen molar-refractivity contribution in [2.24, 2.45) is 5.92 Å². The SMILES string of the molecule is CCC(C)CSCc1ccc(C#CCO)cc1F. The van der Waals surface area contributed by atoms with Crippen molar-refractivity contribution in [3.63, 3.8) is 0 Å². The molecule has 0 saturated carbocycles. The lowest BCUT2D eigenvalue weighted by Gasteiger charge is -2.08. The van der Waals surface area contributed by atoms with Crippen LogP contribution in [0, 0.1) is 23.6 Å². The third-order valence-electron chi connectivity index (χ3n) is 2.72. The summed E-state index contributed by atoms with van der Waals surface area (Å²) in [7, 11) is 0. The smallest absolute Gasteiger partial charge is 0.128 e. The van der Waals surface area contributed by atoms with Crippen LogP contribution in [0.2, 0.25) is 0 Å². The van der Waals surface area contributed by atoms with E-state index in [-0.39, 0.29) is 12.4 Å². The normalized spacial score (nSPS) is 11.8. The van der Waals surface area contributed by atoms with Crippen LogP contribution in [0.4, 0.5) is 4.39 Å². The fraction of sp³-hybridized carbons (Fsp3) is 0.467. The van der Waals surface area contributed by atoms with E-state index in [9.17, 15) is 4.39 Å². The molecule has 1 rings (SSSR count). The molecule has 0 aliphatic heterocycles. The highest BCUT2D eigenvalue weighted by Crippen LogP contribution is 2.19. The van der Waals surface area contributed by atoms with Gasteiger partial charge in [-0.05, 0) is 29.4 Å². The van der Waals surface area contributed by atoms with Gasteiger partial charge in [0.2, 0.25) is 0 Å². The van der Waals surface area contributed by atoms with Crippen LogP contribution >= 0.6 is 11.8 Å². The summed E-state index contributed by atoms with van der Waals surface area (Å²) in [6, 6.07) is 5.01. The third kappa shape index (κ3) is 5.12. The molecule has 0 amide bonds. The Hall–Kier alpha value is -0.980. The van der Waals surface area contributed by atoms with Gasteiger partial charge in [-0.2, -0.15) is 11.8 Å². The second-order valence-corrected chi connectivity index (χ2v) is 5.32. The van der Waals surface area contributed by atoms with Crippen LogP contribution < -0.4 is 0 Å². The van der Waals surface area contributed by atoms with Crippen molar-refractivity contribution in [2.75, 3.05) is 12.4 Å². The van der Waals surface area contributed by atoms with E-state index >= 15 is 0 Å². The number of hydrogen-bond donors (Lipinski definition) is 1. The highest BCUT2D eigenvalue weighted by atomic mass is 32.2. The standard InChI is InChI=1S/C15H19FOS/c1-3-12(2)10-18-11-14-7-6-13(5-4-8-17)9-15(14)16/h6-7,9,12,17H,3,8,10-11H2,1-2H3. The van der Waals surface area contributed by atoms with Crippen molar-refractivity contribution in [2.45, 2.75) is 26.0 Å². The number of hydrogen-bond acceptors (Lipinski definition) is 2. The summed E-state index contributed by atoms with van der Waals surface area (Å²) >= 11 is 1.76. The van der Waals surface area contributed by atoms with Gasteiger partial charge in [-0.25, -0.2) is 4.39 Å². The van der Waals surface area contributed by atoms with Gasteiger partial charge < -0.3 is 5.11 Å². The summed E-state index contributed by atoms with van der Waals surface area (Å²) in [5.74, 6) is 7.43. The van der Waals surface area contributed by atoms with Crippen molar-refractivity contribution in [1.29, 1.82) is 0 Å². The minimum Gasteiger partial charge on any atom is -0.384 e. The van der Waals surface area contributed by atoms with Crippen molar-refractivity contribution in [3.05, 3.63) is 35.1 Å². The third-order valence-corrected chi connectivity index (χ3v) is 4.04. The zero-order valence-electron chi connectivity index (χ0n) is 10.9. The van der Waals surface area contributed by atoms with Gasteiger partial charge in [0.25, 0.3) is 0 Å². The van der Waals surface area contributed by atoms with Crippen LogP contribution in [0.25, 0.3) is 0 Å². The zero-order valence-corrected chi connectivity index (χ0v) is 11.7. The molecular formula is C15H19FOS. The minimum atomic E-state index is -0.212. The molecule has 0 aliphatic rings. The highest BCUT2D eigenvalue weighted by Gasteiger charge is 2.04. The summed E-state index contributed by atoms with van der Waals surface area (Å²) in [5, 5.41) is 8.57. The van der Waals surface area contributed by atoms with Crippen molar-refractivity contribution >= 4 is 11.8 Å². The molecule has 0 heterocycles.